The van der Waals surface area contributed by atoms with Gasteiger partial charge in [-0.15, -0.1) is 0 Å². The zero-order valence-corrected chi connectivity index (χ0v) is 11.6. The van der Waals surface area contributed by atoms with Crippen LogP contribution in [0.1, 0.15) is 30.4 Å². The Hall–Kier alpha value is -1.33. The predicted molar refractivity (Wildman–Crippen MR) is 78.1 cm³/mol. The summed E-state index contributed by atoms with van der Waals surface area (Å²) in [6.07, 6.45) is 5.24. The molecule has 1 heterocycles. The van der Waals surface area contributed by atoms with Crippen molar-refractivity contribution in [3.05, 3.63) is 29.6 Å². The molecule has 0 aliphatic carbocycles. The Morgan fingerprint density at radius 2 is 1.84 bits per heavy atom. The Kier molecular flexibility index (Phi) is 4.61. The lowest BCUT2D eigenvalue weighted by atomic mass is 9.83. The maximum atomic E-state index is 8.77. The van der Waals surface area contributed by atoms with Crippen LogP contribution in [0, 0.1) is 13.8 Å². The summed E-state index contributed by atoms with van der Waals surface area (Å²) in [7, 11) is -1.17. The van der Waals surface area contributed by atoms with Gasteiger partial charge in [0.25, 0.3) is 0 Å². The molecule has 1 aromatic heterocycles. The summed E-state index contributed by atoms with van der Waals surface area (Å²) < 4.78 is 2.18. The number of aromatic nitrogens is 2. The van der Waals surface area contributed by atoms with Gasteiger partial charge >= 0.3 is 7.12 Å². The molecule has 2 N–H and O–H groups in total. The zero-order chi connectivity index (χ0) is 13.8. The largest absolute Gasteiger partial charge is 0.451 e. The lowest BCUT2D eigenvalue weighted by molar-refractivity contribution is 0.401. The van der Waals surface area contributed by atoms with Crippen LogP contribution in [0.25, 0.3) is 11.0 Å². The van der Waals surface area contributed by atoms with E-state index in [1.807, 2.05) is 6.33 Å². The van der Waals surface area contributed by atoms with E-state index in [2.05, 4.69) is 35.5 Å². The van der Waals surface area contributed by atoms with Gasteiger partial charge in [0.15, 0.2) is 0 Å². The van der Waals surface area contributed by atoms with Gasteiger partial charge in [0.1, 0.15) is 0 Å². The molecular formula is C14H21BN2O2. The van der Waals surface area contributed by atoms with Crippen molar-refractivity contribution in [1.82, 2.24) is 9.55 Å². The van der Waals surface area contributed by atoms with Gasteiger partial charge in [-0.05, 0) is 49.8 Å². The Morgan fingerprint density at radius 1 is 1.11 bits per heavy atom. The minimum Gasteiger partial charge on any atom is -0.427 e. The monoisotopic (exact) mass is 260 g/mol. The molecule has 5 heteroatoms. The summed E-state index contributed by atoms with van der Waals surface area (Å²) in [6, 6.07) is 4.32. The molecule has 0 saturated carbocycles. The van der Waals surface area contributed by atoms with Crippen molar-refractivity contribution in [2.45, 2.75) is 46.0 Å². The second-order valence-electron chi connectivity index (χ2n) is 5.19. The second kappa shape index (κ2) is 6.22. The third-order valence-electron chi connectivity index (χ3n) is 3.60. The fraction of sp³-hybridized carbons (Fsp3) is 0.500. The number of hydrogen-bond acceptors (Lipinski definition) is 3. The number of rotatable bonds is 6. The lowest BCUT2D eigenvalue weighted by Crippen LogP contribution is -2.09. The molecule has 1 aromatic carbocycles. The van der Waals surface area contributed by atoms with Crippen molar-refractivity contribution in [1.29, 1.82) is 0 Å². The van der Waals surface area contributed by atoms with E-state index < -0.39 is 7.12 Å². The molecule has 0 atom stereocenters. The van der Waals surface area contributed by atoms with Gasteiger partial charge in [0.2, 0.25) is 0 Å². The standard InChI is InChI=1S/C14H21BN2O2/c1-11-8-13-14(9-12(11)2)17(10-16-13)7-5-3-4-6-15(18)19/h8-10,18-19H,3-7H2,1-2H3. The van der Waals surface area contributed by atoms with Crippen molar-refractivity contribution in [3.63, 3.8) is 0 Å². The number of unbranched alkanes of at least 4 members (excludes halogenated alkanes) is 2. The molecule has 0 saturated heterocycles. The van der Waals surface area contributed by atoms with Gasteiger partial charge in [-0.2, -0.15) is 0 Å². The summed E-state index contributed by atoms with van der Waals surface area (Å²) in [4.78, 5) is 4.43. The van der Waals surface area contributed by atoms with Crippen LogP contribution in [0.4, 0.5) is 0 Å². The van der Waals surface area contributed by atoms with Crippen LogP contribution in [-0.4, -0.2) is 26.7 Å². The van der Waals surface area contributed by atoms with Crippen molar-refractivity contribution in [3.8, 4) is 0 Å². The van der Waals surface area contributed by atoms with E-state index in [1.165, 1.54) is 16.6 Å². The first kappa shape index (κ1) is 14.1. The van der Waals surface area contributed by atoms with Gasteiger partial charge in [0.05, 0.1) is 17.4 Å². The third kappa shape index (κ3) is 3.58. The number of fused-ring (bicyclic) bond motifs is 1. The fourth-order valence-electron chi connectivity index (χ4n) is 2.28. The highest BCUT2D eigenvalue weighted by molar-refractivity contribution is 6.40. The molecular weight excluding hydrogens is 239 g/mol. The molecule has 2 aromatic rings. The van der Waals surface area contributed by atoms with E-state index in [4.69, 9.17) is 10.0 Å². The highest BCUT2D eigenvalue weighted by Gasteiger charge is 2.06. The van der Waals surface area contributed by atoms with E-state index in [-0.39, 0.29) is 0 Å². The molecule has 4 nitrogen and oxygen atoms in total. The van der Waals surface area contributed by atoms with Gasteiger partial charge in [0, 0.05) is 6.54 Å². The Bertz CT molecular complexity index is 552. The SMILES string of the molecule is Cc1cc2ncn(CCCCCB(O)O)c2cc1C. The van der Waals surface area contributed by atoms with Crippen molar-refractivity contribution < 1.29 is 10.0 Å². The smallest absolute Gasteiger partial charge is 0.427 e. The molecule has 19 heavy (non-hydrogen) atoms. The minimum absolute atomic E-state index is 0.461. The molecule has 102 valence electrons. The highest BCUT2D eigenvalue weighted by Crippen LogP contribution is 2.19. The molecule has 0 bridgehead atoms. The van der Waals surface area contributed by atoms with Crippen LogP contribution < -0.4 is 0 Å². The minimum atomic E-state index is -1.17. The topological polar surface area (TPSA) is 58.3 Å². The number of aryl methyl sites for hydroxylation is 3. The quantitative estimate of drug-likeness (QED) is 0.619. The van der Waals surface area contributed by atoms with Crippen molar-refractivity contribution in [2.75, 3.05) is 0 Å². The highest BCUT2D eigenvalue weighted by atomic mass is 16.4. The lowest BCUT2D eigenvalue weighted by Gasteiger charge is -2.06. The maximum absolute atomic E-state index is 8.77. The van der Waals surface area contributed by atoms with Crippen LogP contribution in [0.5, 0.6) is 0 Å². The van der Waals surface area contributed by atoms with Gasteiger partial charge in [-0.1, -0.05) is 12.8 Å². The van der Waals surface area contributed by atoms with Gasteiger partial charge < -0.3 is 14.6 Å². The van der Waals surface area contributed by atoms with Gasteiger partial charge in [-0.25, -0.2) is 4.98 Å². The van der Waals surface area contributed by atoms with Crippen LogP contribution in [-0.2, 0) is 6.54 Å². The number of hydrogen-bond donors (Lipinski definition) is 2. The van der Waals surface area contributed by atoms with Crippen LogP contribution in [0.2, 0.25) is 6.32 Å². The Morgan fingerprint density at radius 3 is 2.58 bits per heavy atom. The molecule has 0 spiro atoms. The Labute approximate surface area is 114 Å². The normalized spacial score (nSPS) is 11.2. The molecule has 0 fully saturated rings. The average Bonchev–Trinajstić information content (AvgIpc) is 2.72. The van der Waals surface area contributed by atoms with E-state index >= 15 is 0 Å². The molecule has 0 radical (unpaired) electrons. The first-order valence-electron chi connectivity index (χ1n) is 6.86. The number of imidazole rings is 1. The second-order valence-corrected chi connectivity index (χ2v) is 5.19. The van der Waals surface area contributed by atoms with E-state index in [0.29, 0.717) is 6.32 Å². The van der Waals surface area contributed by atoms with E-state index in [0.717, 1.165) is 31.3 Å². The van der Waals surface area contributed by atoms with Crippen LogP contribution >= 0.6 is 0 Å². The van der Waals surface area contributed by atoms with Crippen LogP contribution in [0.3, 0.4) is 0 Å². The van der Waals surface area contributed by atoms with E-state index in [9.17, 15) is 0 Å². The molecule has 0 aliphatic rings. The third-order valence-corrected chi connectivity index (χ3v) is 3.60. The predicted octanol–water partition coefficient (Wildman–Crippen LogP) is 2.30. The van der Waals surface area contributed by atoms with Crippen molar-refractivity contribution >= 4 is 18.2 Å². The number of benzene rings is 1. The van der Waals surface area contributed by atoms with Crippen molar-refractivity contribution in [2.24, 2.45) is 0 Å². The number of nitrogens with zero attached hydrogens (tertiary/aromatic N) is 2. The fourth-order valence-corrected chi connectivity index (χ4v) is 2.28. The summed E-state index contributed by atoms with van der Waals surface area (Å²) >= 11 is 0. The first-order chi connectivity index (χ1) is 9.08. The summed E-state index contributed by atoms with van der Waals surface area (Å²) in [6.45, 7) is 5.16. The van der Waals surface area contributed by atoms with E-state index in [1.54, 1.807) is 0 Å². The molecule has 0 aliphatic heterocycles. The summed E-state index contributed by atoms with van der Waals surface area (Å²) in [5, 5.41) is 17.5. The molecule has 0 unspecified atom stereocenters. The molecule has 0 amide bonds. The first-order valence-corrected chi connectivity index (χ1v) is 6.86. The Balaban J connectivity index is 1.96. The van der Waals surface area contributed by atoms with Crippen LogP contribution in [0.15, 0.2) is 18.5 Å². The summed E-state index contributed by atoms with van der Waals surface area (Å²) in [5.41, 5.74) is 4.80. The summed E-state index contributed by atoms with van der Waals surface area (Å²) in [5.74, 6) is 0. The zero-order valence-electron chi connectivity index (χ0n) is 11.6. The average molecular weight is 260 g/mol. The molecule has 2 rings (SSSR count). The van der Waals surface area contributed by atoms with Gasteiger partial charge in [-0.3, -0.25) is 0 Å². The maximum Gasteiger partial charge on any atom is 0.451 e.